The average molecular weight is 1650 g/mol. The first-order valence-electron chi connectivity index (χ1n) is 34.5. The molecule has 12 aromatic rings. The summed E-state index contributed by atoms with van der Waals surface area (Å²) in [6.07, 6.45) is -8.88. The number of carboxylic acid groups (broad SMARTS) is 1. The van der Waals surface area contributed by atoms with Crippen LogP contribution < -0.4 is 48.8 Å². The van der Waals surface area contributed by atoms with Gasteiger partial charge in [-0.25, -0.2) is 4.79 Å². The lowest BCUT2D eigenvalue weighted by molar-refractivity contribution is -0.138. The van der Waals surface area contributed by atoms with Gasteiger partial charge in [-0.3, -0.25) is 33.6 Å². The third-order valence-corrected chi connectivity index (χ3v) is 18.9. The number of nitrogens with zero attached hydrogens (tertiary/aromatic N) is 1. The van der Waals surface area contributed by atoms with Crippen LogP contribution >= 0.6 is 34.8 Å². The summed E-state index contributed by atoms with van der Waals surface area (Å²) >= 11 is 17.1. The van der Waals surface area contributed by atoms with Gasteiger partial charge >= 0.3 is 30.7 Å². The normalized spacial score (nSPS) is 12.7. The largest absolute Gasteiger partial charge is 0.478 e. The SMILES string of the molecule is C1CCCC1.Cc1cc(=O)[nH]c2ccc(N)cc12.Cc1cc(=O)[nH]c2ccc(NC(=O)c3cc(C(F)(F)F)ccc3Cl)cc12.Cc1cc(=O)[nH]c2ccc(NC(=O)c3cc(C(F)(F)F)ccc3Cl)cc12.Cc1cc(=O)[nH]c2ccc(NC(=O)c3cc(C(F)(F)F)ccc3N3CCCC3)cc12.O=C(O)c1cc(C(F)(F)F)ccc1Cl. The molecule has 3 amide bonds. The molecule has 10 N–H and O–H groups in total. The third kappa shape index (κ3) is 22.7. The van der Waals surface area contributed by atoms with Crippen LogP contribution in [0.1, 0.15) is 131 Å². The van der Waals surface area contributed by atoms with E-state index in [1.807, 2.05) is 24.0 Å². The zero-order valence-electron chi connectivity index (χ0n) is 60.4. The summed E-state index contributed by atoms with van der Waals surface area (Å²) in [5.41, 5.74) is 8.03. The first-order chi connectivity index (χ1) is 53.5. The number of carbonyl (C=O) groups is 4. The van der Waals surface area contributed by atoms with Crippen LogP contribution in [0.5, 0.6) is 0 Å². The van der Waals surface area contributed by atoms with Gasteiger partial charge in [-0.2, -0.15) is 52.7 Å². The minimum Gasteiger partial charge on any atom is -0.478 e. The van der Waals surface area contributed by atoms with Crippen molar-refractivity contribution in [1.82, 2.24) is 19.9 Å². The molecule has 1 saturated heterocycles. The lowest BCUT2D eigenvalue weighted by Crippen LogP contribution is -2.23. The average Bonchev–Trinajstić information content (AvgIpc) is 1.10. The molecule has 114 heavy (non-hydrogen) atoms. The van der Waals surface area contributed by atoms with E-state index in [9.17, 15) is 91.0 Å². The molecule has 0 unspecified atom stereocenters. The molecule has 0 atom stereocenters. The van der Waals surface area contributed by atoms with Crippen molar-refractivity contribution >= 4 is 131 Å². The Hall–Kier alpha value is -11.9. The van der Waals surface area contributed by atoms with Gasteiger partial charge in [0, 0.05) is 109 Å². The molecule has 1 aliphatic carbocycles. The number of amides is 3. The molecule has 2 aliphatic rings. The lowest BCUT2D eigenvalue weighted by atomic mass is 10.1. The minimum absolute atomic E-state index is 0.00925. The number of nitrogen functional groups attached to an aromatic ring is 1. The molecule has 1 saturated carbocycles. The second-order valence-corrected chi connectivity index (χ2v) is 27.5. The van der Waals surface area contributed by atoms with E-state index < -0.39 is 76.2 Å². The van der Waals surface area contributed by atoms with Crippen LogP contribution in [-0.4, -0.2) is 61.8 Å². The van der Waals surface area contributed by atoms with Crippen molar-refractivity contribution in [1.29, 1.82) is 0 Å². The molecule has 0 radical (unpaired) electrons. The van der Waals surface area contributed by atoms with Crippen LogP contribution in [0, 0.1) is 27.7 Å². The van der Waals surface area contributed by atoms with Crippen LogP contribution in [0.3, 0.4) is 0 Å². The van der Waals surface area contributed by atoms with E-state index in [2.05, 4.69) is 35.9 Å². The lowest BCUT2D eigenvalue weighted by Gasteiger charge is -2.22. The first-order valence-corrected chi connectivity index (χ1v) is 35.7. The predicted octanol–water partition coefficient (Wildman–Crippen LogP) is 20.7. The van der Waals surface area contributed by atoms with Gasteiger partial charge in [0.1, 0.15) is 0 Å². The van der Waals surface area contributed by atoms with Gasteiger partial charge in [0.05, 0.1) is 59.6 Å². The number of hydrogen-bond donors (Lipinski definition) is 9. The molecule has 0 spiro atoms. The fourth-order valence-corrected chi connectivity index (χ4v) is 12.8. The van der Waals surface area contributed by atoms with Crippen molar-refractivity contribution in [2.45, 2.75) is 97.3 Å². The van der Waals surface area contributed by atoms with Gasteiger partial charge in [-0.15, -0.1) is 0 Å². The third-order valence-electron chi connectivity index (χ3n) is 17.9. The van der Waals surface area contributed by atoms with Crippen LogP contribution in [0.4, 0.5) is 81.1 Å². The standard InChI is InChI=1S/C22H20F3N3O2.2C18H12ClF3N2O2.C10H10N2O.C8H4ClF3O2.C5H10/c1-13-10-20(29)27-18-6-5-15(12-16(13)18)26-21(30)17-11-14(22(23,24)25)4-7-19(17)28-8-2-3-9-28;2*1-9-6-16(25)24-15-5-3-11(8-12(9)15)23-17(26)13-7-10(18(20,21)22)2-4-14(13)19;1-6-4-10(13)12-9-3-2-7(11)5-8(6)9;9-6-2-1-4(8(10,11)12)3-5(6)7(13)14;1-2-4-5-3-1/h4-7,10-12H,2-3,8-9H2,1H3,(H,26,30)(H,27,29);2*2-8H,1H3,(H,23,26)(H,24,25);2-5H,11H2,1H3,(H,12,13);1-3H,(H,13,14);1-5H2. The smallest absolute Gasteiger partial charge is 0.416 e. The Morgan fingerprint density at radius 2 is 0.632 bits per heavy atom. The number of halogens is 15. The van der Waals surface area contributed by atoms with Gasteiger partial charge in [0.25, 0.3) is 17.7 Å². The summed E-state index contributed by atoms with van der Waals surface area (Å²) < 4.78 is 153. The van der Waals surface area contributed by atoms with E-state index in [0.29, 0.717) is 98.2 Å². The molecule has 596 valence electrons. The highest BCUT2D eigenvalue weighted by atomic mass is 35.5. The number of aromatic carboxylic acids is 1. The number of H-pyrrole nitrogens is 4. The molecule has 18 nitrogen and oxygen atoms in total. The van der Waals surface area contributed by atoms with Crippen molar-refractivity contribution in [3.63, 3.8) is 0 Å². The van der Waals surface area contributed by atoms with Crippen molar-refractivity contribution in [3.8, 4) is 0 Å². The summed E-state index contributed by atoms with van der Waals surface area (Å²) in [4.78, 5) is 107. The number of carbonyl (C=O) groups excluding carboxylic acids is 3. The zero-order chi connectivity index (χ0) is 83.5. The number of carboxylic acids is 1. The number of fused-ring (bicyclic) bond motifs is 4. The Labute approximate surface area is 654 Å². The number of rotatable bonds is 8. The second-order valence-electron chi connectivity index (χ2n) is 26.3. The number of pyridine rings is 4. The van der Waals surface area contributed by atoms with Gasteiger partial charge in [-0.1, -0.05) is 66.9 Å². The van der Waals surface area contributed by atoms with E-state index in [4.69, 9.17) is 45.6 Å². The number of nitrogens with one attached hydrogen (secondary N) is 7. The highest BCUT2D eigenvalue weighted by molar-refractivity contribution is 6.35. The Morgan fingerprint density at radius 1 is 0.360 bits per heavy atom. The van der Waals surface area contributed by atoms with Crippen LogP contribution in [-0.2, 0) is 24.7 Å². The summed E-state index contributed by atoms with van der Waals surface area (Å²) in [6.45, 7) is 8.57. The number of alkyl halides is 12. The topological polar surface area (TPSA) is 285 Å². The fourth-order valence-electron chi connectivity index (χ4n) is 12.2. The Bertz CT molecular complexity index is 5710. The van der Waals surface area contributed by atoms with Crippen molar-refractivity contribution in [2.24, 2.45) is 0 Å². The number of anilines is 5. The summed E-state index contributed by atoms with van der Waals surface area (Å²) in [6, 6.07) is 36.4. The number of nitrogens with two attached hydrogens (primary N) is 1. The molecule has 14 rings (SSSR count). The second kappa shape index (κ2) is 36.3. The molecule has 0 bridgehead atoms. The van der Waals surface area contributed by atoms with Crippen molar-refractivity contribution < 1.29 is 77.0 Å². The van der Waals surface area contributed by atoms with Crippen LogP contribution in [0.15, 0.2) is 189 Å². The summed E-state index contributed by atoms with van der Waals surface area (Å²) in [5.74, 6) is -3.62. The van der Waals surface area contributed by atoms with Crippen LogP contribution in [0.2, 0.25) is 15.1 Å². The van der Waals surface area contributed by atoms with E-state index in [1.165, 1.54) is 68.5 Å². The van der Waals surface area contributed by atoms with Gasteiger partial charge < -0.3 is 51.6 Å². The summed E-state index contributed by atoms with van der Waals surface area (Å²) in [5, 5.41) is 19.0. The van der Waals surface area contributed by atoms with E-state index in [1.54, 1.807) is 75.4 Å². The number of aromatic amines is 4. The maximum absolute atomic E-state index is 13.2. The molecule has 5 heterocycles. The van der Waals surface area contributed by atoms with Crippen LogP contribution in [0.25, 0.3) is 43.6 Å². The van der Waals surface area contributed by atoms with Crippen molar-refractivity contribution in [2.75, 3.05) is 39.7 Å². The Balaban J connectivity index is 0.000000165. The molecule has 4 aromatic heterocycles. The minimum atomic E-state index is -4.58. The molecule has 1 aliphatic heterocycles. The Morgan fingerprint density at radius 3 is 0.947 bits per heavy atom. The van der Waals surface area contributed by atoms with Gasteiger partial charge in [0.2, 0.25) is 22.2 Å². The zero-order valence-corrected chi connectivity index (χ0v) is 62.7. The highest BCUT2D eigenvalue weighted by Gasteiger charge is 2.36. The molecular formula is C81H68Cl3F12N9O9. The number of benzene rings is 8. The quantitative estimate of drug-likeness (QED) is 0.0509. The maximum Gasteiger partial charge on any atom is 0.416 e. The summed E-state index contributed by atoms with van der Waals surface area (Å²) in [7, 11) is 0. The fraction of sp³-hybridized carbons (Fsp3) is 0.210. The maximum atomic E-state index is 13.2. The molecule has 33 heteroatoms. The van der Waals surface area contributed by atoms with E-state index >= 15 is 0 Å². The molecule has 8 aromatic carbocycles. The molecule has 2 fully saturated rings. The number of aromatic nitrogens is 4. The first kappa shape index (κ1) is 86.1. The van der Waals surface area contributed by atoms with Gasteiger partial charge in [-0.05, 0) is 208 Å². The Kier molecular flexibility index (Phi) is 27.4. The number of hydrogen-bond acceptors (Lipinski definition) is 10. The van der Waals surface area contributed by atoms with E-state index in [-0.39, 0.29) is 54.0 Å². The van der Waals surface area contributed by atoms with Gasteiger partial charge in [0.15, 0.2) is 0 Å². The molecular weight excluding hydrogens is 1580 g/mol. The monoisotopic (exact) mass is 1640 g/mol. The van der Waals surface area contributed by atoms with E-state index in [0.717, 1.165) is 88.8 Å². The number of aryl methyl sites for hydroxylation is 4. The highest BCUT2D eigenvalue weighted by Crippen LogP contribution is 2.38. The van der Waals surface area contributed by atoms with Crippen molar-refractivity contribution in [3.05, 3.63) is 293 Å². The predicted molar refractivity (Wildman–Crippen MR) is 418 cm³/mol.